The fraction of sp³-hybridized carbons (Fsp3) is 0.316. The predicted octanol–water partition coefficient (Wildman–Crippen LogP) is 3.99. The highest BCUT2D eigenvalue weighted by Gasteiger charge is 2.25. The summed E-state index contributed by atoms with van der Waals surface area (Å²) in [5, 5.41) is 0.712. The van der Waals surface area contributed by atoms with Crippen molar-refractivity contribution in [3.05, 3.63) is 70.7 Å². The lowest BCUT2D eigenvalue weighted by Gasteiger charge is -2.34. The van der Waals surface area contributed by atoms with Gasteiger partial charge in [0.2, 0.25) is 0 Å². The van der Waals surface area contributed by atoms with Crippen LogP contribution in [0, 0.1) is 0 Å². The zero-order valence-corrected chi connectivity index (χ0v) is 13.7. The Labute approximate surface area is 141 Å². The maximum Gasteiger partial charge on any atom is 0.164 e. The van der Waals surface area contributed by atoms with E-state index in [4.69, 9.17) is 16.3 Å². The second-order valence-electron chi connectivity index (χ2n) is 5.71. The van der Waals surface area contributed by atoms with Gasteiger partial charge in [-0.2, -0.15) is 0 Å². The molecule has 120 valence electrons. The van der Waals surface area contributed by atoms with E-state index in [9.17, 15) is 4.79 Å². The molecule has 1 unspecified atom stereocenters. The van der Waals surface area contributed by atoms with E-state index in [1.165, 1.54) is 0 Å². The number of benzene rings is 2. The zero-order chi connectivity index (χ0) is 16.1. The normalized spacial score (nSPS) is 16.9. The Kier molecular flexibility index (Phi) is 5.44. The van der Waals surface area contributed by atoms with Crippen molar-refractivity contribution in [2.24, 2.45) is 0 Å². The first-order valence-corrected chi connectivity index (χ1v) is 8.27. The first kappa shape index (κ1) is 16.2. The zero-order valence-electron chi connectivity index (χ0n) is 13.0. The molecule has 1 aliphatic heterocycles. The minimum atomic E-state index is 0.0591. The lowest BCUT2D eigenvalue weighted by atomic mass is 9.96. The number of ketones is 1. The minimum Gasteiger partial charge on any atom is -0.379 e. The molecule has 2 aromatic rings. The van der Waals surface area contributed by atoms with Crippen LogP contribution in [-0.4, -0.2) is 37.0 Å². The Bertz CT molecular complexity index is 636. The number of carbonyl (C=O) groups is 1. The summed E-state index contributed by atoms with van der Waals surface area (Å²) in [6.07, 6.45) is 0.464. The average molecular weight is 330 g/mol. The fourth-order valence-electron chi connectivity index (χ4n) is 2.95. The molecule has 0 amide bonds. The van der Waals surface area contributed by atoms with Gasteiger partial charge in [-0.3, -0.25) is 9.69 Å². The third kappa shape index (κ3) is 4.20. The van der Waals surface area contributed by atoms with Crippen LogP contribution in [-0.2, 0) is 4.74 Å². The van der Waals surface area contributed by atoms with Crippen molar-refractivity contribution in [3.8, 4) is 0 Å². The van der Waals surface area contributed by atoms with Crippen LogP contribution in [0.15, 0.2) is 54.6 Å². The molecule has 1 aliphatic rings. The molecular formula is C19H20ClNO2. The van der Waals surface area contributed by atoms with E-state index in [0.29, 0.717) is 24.7 Å². The van der Waals surface area contributed by atoms with Crippen LogP contribution in [0.3, 0.4) is 0 Å². The van der Waals surface area contributed by atoms with Gasteiger partial charge >= 0.3 is 0 Å². The smallest absolute Gasteiger partial charge is 0.164 e. The lowest BCUT2D eigenvalue weighted by Crippen LogP contribution is -2.39. The van der Waals surface area contributed by atoms with Crippen LogP contribution < -0.4 is 0 Å². The molecule has 3 rings (SSSR count). The van der Waals surface area contributed by atoms with Crippen LogP contribution in [0.4, 0.5) is 0 Å². The van der Waals surface area contributed by atoms with E-state index in [2.05, 4.69) is 4.90 Å². The van der Waals surface area contributed by atoms with Crippen molar-refractivity contribution in [1.29, 1.82) is 0 Å². The first-order chi connectivity index (χ1) is 11.2. The van der Waals surface area contributed by atoms with Gasteiger partial charge in [0.25, 0.3) is 0 Å². The summed E-state index contributed by atoms with van der Waals surface area (Å²) in [6.45, 7) is 3.11. The number of hydrogen-bond acceptors (Lipinski definition) is 3. The standard InChI is InChI=1S/C19H20ClNO2/c20-17-8-6-15(7-9-17)18(21-10-12-23-13-11-21)14-19(22)16-4-2-1-3-5-16/h1-9,18H,10-14H2. The molecule has 0 spiro atoms. The number of halogens is 1. The monoisotopic (exact) mass is 329 g/mol. The fourth-order valence-corrected chi connectivity index (χ4v) is 3.08. The summed E-state index contributed by atoms with van der Waals surface area (Å²) in [5.41, 5.74) is 1.89. The van der Waals surface area contributed by atoms with E-state index >= 15 is 0 Å². The van der Waals surface area contributed by atoms with Crippen molar-refractivity contribution in [2.45, 2.75) is 12.5 Å². The number of hydrogen-bond donors (Lipinski definition) is 0. The molecule has 0 saturated carbocycles. The van der Waals surface area contributed by atoms with Gasteiger partial charge in [-0.25, -0.2) is 0 Å². The van der Waals surface area contributed by atoms with Gasteiger partial charge in [0.05, 0.1) is 13.2 Å². The van der Waals surface area contributed by atoms with Gasteiger partial charge in [-0.15, -0.1) is 0 Å². The second-order valence-corrected chi connectivity index (χ2v) is 6.15. The Hall–Kier alpha value is -1.68. The summed E-state index contributed by atoms with van der Waals surface area (Å²) < 4.78 is 5.45. The molecule has 1 fully saturated rings. The Morgan fingerprint density at radius 2 is 1.70 bits per heavy atom. The van der Waals surface area contributed by atoms with Crippen LogP contribution in [0.1, 0.15) is 28.4 Å². The molecule has 1 heterocycles. The van der Waals surface area contributed by atoms with Crippen molar-refractivity contribution in [2.75, 3.05) is 26.3 Å². The Balaban J connectivity index is 1.82. The van der Waals surface area contributed by atoms with Gasteiger partial charge in [0, 0.05) is 36.1 Å². The highest BCUT2D eigenvalue weighted by atomic mass is 35.5. The molecule has 0 aliphatic carbocycles. The summed E-state index contributed by atoms with van der Waals surface area (Å²) in [4.78, 5) is 15.0. The van der Waals surface area contributed by atoms with E-state index < -0.39 is 0 Å². The summed E-state index contributed by atoms with van der Waals surface area (Å²) >= 11 is 6.00. The molecule has 3 nitrogen and oxygen atoms in total. The van der Waals surface area contributed by atoms with E-state index in [-0.39, 0.29) is 11.8 Å². The summed E-state index contributed by atoms with van der Waals surface area (Å²) in [5.74, 6) is 0.164. The number of rotatable bonds is 5. The predicted molar refractivity (Wildman–Crippen MR) is 92.0 cm³/mol. The second kappa shape index (κ2) is 7.73. The third-order valence-electron chi connectivity index (χ3n) is 4.22. The van der Waals surface area contributed by atoms with Gasteiger partial charge in [0.1, 0.15) is 0 Å². The number of ether oxygens (including phenoxy) is 1. The number of carbonyl (C=O) groups excluding carboxylic acids is 1. The van der Waals surface area contributed by atoms with E-state index in [1.54, 1.807) is 0 Å². The van der Waals surface area contributed by atoms with Crippen molar-refractivity contribution in [3.63, 3.8) is 0 Å². The highest BCUT2D eigenvalue weighted by molar-refractivity contribution is 6.30. The molecule has 23 heavy (non-hydrogen) atoms. The van der Waals surface area contributed by atoms with E-state index in [1.807, 2.05) is 54.6 Å². The quantitative estimate of drug-likeness (QED) is 0.777. The van der Waals surface area contributed by atoms with Crippen LogP contribution >= 0.6 is 11.6 Å². The van der Waals surface area contributed by atoms with Crippen molar-refractivity contribution >= 4 is 17.4 Å². The number of Topliss-reactive ketones (excluding diaryl/α,β-unsaturated/α-hetero) is 1. The third-order valence-corrected chi connectivity index (χ3v) is 4.47. The topological polar surface area (TPSA) is 29.5 Å². The molecule has 4 heteroatoms. The van der Waals surface area contributed by atoms with Gasteiger partial charge in [0.15, 0.2) is 5.78 Å². The maximum absolute atomic E-state index is 12.7. The SMILES string of the molecule is O=C(CC(c1ccc(Cl)cc1)N1CCOCC1)c1ccccc1. The average Bonchev–Trinajstić information content (AvgIpc) is 2.62. The molecule has 0 aromatic heterocycles. The van der Waals surface area contributed by atoms with Crippen molar-refractivity contribution < 1.29 is 9.53 Å². The largest absolute Gasteiger partial charge is 0.379 e. The lowest BCUT2D eigenvalue weighted by molar-refractivity contribution is 0.0145. The number of nitrogens with zero attached hydrogens (tertiary/aromatic N) is 1. The minimum absolute atomic E-state index is 0.0591. The molecule has 1 saturated heterocycles. The van der Waals surface area contributed by atoms with Gasteiger partial charge < -0.3 is 4.74 Å². The molecule has 2 aromatic carbocycles. The Morgan fingerprint density at radius 3 is 2.35 bits per heavy atom. The molecular weight excluding hydrogens is 310 g/mol. The summed E-state index contributed by atoms with van der Waals surface area (Å²) in [6, 6.07) is 17.3. The first-order valence-electron chi connectivity index (χ1n) is 7.89. The van der Waals surface area contributed by atoms with Crippen LogP contribution in [0.2, 0.25) is 5.02 Å². The van der Waals surface area contributed by atoms with Crippen molar-refractivity contribution in [1.82, 2.24) is 4.90 Å². The summed E-state index contributed by atoms with van der Waals surface area (Å²) in [7, 11) is 0. The molecule has 0 N–H and O–H groups in total. The number of morpholine rings is 1. The van der Waals surface area contributed by atoms with Crippen LogP contribution in [0.25, 0.3) is 0 Å². The van der Waals surface area contributed by atoms with Gasteiger partial charge in [-0.05, 0) is 17.7 Å². The molecule has 1 atom stereocenters. The maximum atomic E-state index is 12.7. The van der Waals surface area contributed by atoms with E-state index in [0.717, 1.165) is 24.2 Å². The highest BCUT2D eigenvalue weighted by Crippen LogP contribution is 2.28. The van der Waals surface area contributed by atoms with Gasteiger partial charge in [-0.1, -0.05) is 54.1 Å². The Morgan fingerprint density at radius 1 is 1.04 bits per heavy atom. The molecule has 0 bridgehead atoms. The molecule has 0 radical (unpaired) electrons. The van der Waals surface area contributed by atoms with Crippen LogP contribution in [0.5, 0.6) is 0 Å².